The lowest BCUT2D eigenvalue weighted by Crippen LogP contribution is -2.43. The second-order valence-electron chi connectivity index (χ2n) is 12.0. The lowest BCUT2D eigenvalue weighted by atomic mass is 9.84. The van der Waals surface area contributed by atoms with Crippen LogP contribution in [0.1, 0.15) is 94.1 Å². The number of nitrogens with zero attached hydrogens (tertiary/aromatic N) is 4. The van der Waals surface area contributed by atoms with Gasteiger partial charge in [-0.05, 0) is 78.0 Å². The third kappa shape index (κ3) is 5.49. The van der Waals surface area contributed by atoms with Crippen molar-refractivity contribution in [3.63, 3.8) is 0 Å². The second kappa shape index (κ2) is 11.0. The summed E-state index contributed by atoms with van der Waals surface area (Å²) in [5.41, 5.74) is 1.24. The molecule has 1 unspecified atom stereocenters. The summed E-state index contributed by atoms with van der Waals surface area (Å²) >= 11 is 6.23. The molecule has 3 heterocycles. The van der Waals surface area contributed by atoms with Gasteiger partial charge in [-0.15, -0.1) is 0 Å². The van der Waals surface area contributed by atoms with Crippen molar-refractivity contribution in [2.45, 2.75) is 84.0 Å². The molecule has 1 atom stereocenters. The van der Waals surface area contributed by atoms with Gasteiger partial charge in [0, 0.05) is 23.3 Å². The van der Waals surface area contributed by atoms with Gasteiger partial charge in [0.05, 0.1) is 18.7 Å². The fourth-order valence-corrected chi connectivity index (χ4v) is 6.03. The predicted molar refractivity (Wildman–Crippen MR) is 154 cm³/mol. The Morgan fingerprint density at radius 2 is 1.76 bits per heavy atom. The number of benzene rings is 1. The fourth-order valence-electron chi connectivity index (χ4n) is 5.90. The van der Waals surface area contributed by atoms with Gasteiger partial charge < -0.3 is 18.9 Å². The molecule has 3 aromatic rings. The molecule has 1 N–H and O–H groups in total. The van der Waals surface area contributed by atoms with Gasteiger partial charge in [0.25, 0.3) is 17.5 Å². The smallest absolute Gasteiger partial charge is 0.309 e. The van der Waals surface area contributed by atoms with Gasteiger partial charge in [0.15, 0.2) is 5.69 Å². The van der Waals surface area contributed by atoms with Crippen LogP contribution in [-0.2, 0) is 9.53 Å². The number of rotatable bonds is 6. The maximum atomic E-state index is 14.2. The van der Waals surface area contributed by atoms with Crippen molar-refractivity contribution < 1.29 is 19.1 Å². The van der Waals surface area contributed by atoms with Crippen molar-refractivity contribution in [2.75, 3.05) is 7.11 Å². The Hall–Kier alpha value is -3.66. The number of ether oxygens (including phenoxy) is 2. The van der Waals surface area contributed by atoms with Crippen LogP contribution in [0.5, 0.6) is 6.01 Å². The van der Waals surface area contributed by atoms with E-state index in [2.05, 4.69) is 9.97 Å². The van der Waals surface area contributed by atoms with Crippen molar-refractivity contribution in [1.82, 2.24) is 24.4 Å². The number of methoxy groups -OCH3 is 1. The molecule has 1 aromatic carbocycles. The molecule has 2 aromatic heterocycles. The molecule has 1 aliphatic heterocycles. The molecule has 2 aliphatic rings. The molecular weight excluding hydrogens is 546 g/mol. The number of aromatic amines is 1. The van der Waals surface area contributed by atoms with Crippen LogP contribution in [0.15, 0.2) is 35.3 Å². The normalized spacial score (nSPS) is 20.8. The third-order valence-electron chi connectivity index (χ3n) is 7.66. The molecule has 5 rings (SSSR count). The number of imidazole rings is 1. The monoisotopic (exact) mass is 581 g/mol. The first kappa shape index (κ1) is 28.9. The van der Waals surface area contributed by atoms with E-state index in [1.165, 1.54) is 13.3 Å². The molecule has 0 bridgehead atoms. The lowest BCUT2D eigenvalue weighted by molar-refractivity contribution is -0.161. The zero-order chi connectivity index (χ0) is 29.6. The van der Waals surface area contributed by atoms with Crippen molar-refractivity contribution in [2.24, 2.45) is 5.92 Å². The summed E-state index contributed by atoms with van der Waals surface area (Å²) in [6.45, 7) is 9.60. The van der Waals surface area contributed by atoms with Gasteiger partial charge >= 0.3 is 5.97 Å². The molecule has 1 aliphatic carbocycles. The number of aromatic nitrogens is 4. The zero-order valence-corrected chi connectivity index (χ0v) is 25.0. The average Bonchev–Trinajstić information content (AvgIpc) is 3.43. The number of hydrogen-bond donors (Lipinski definition) is 1. The Balaban J connectivity index is 1.55. The van der Waals surface area contributed by atoms with Crippen molar-refractivity contribution >= 4 is 23.5 Å². The SMILES string of the molecule is COc1ncc(-c2nc3c(n2C(C)C)C(c2ccc(Cl)cc2)N(C2CCC(C(=O)OC(C)(C)C)CC2)C3=O)c(=O)[nH]1. The van der Waals surface area contributed by atoms with E-state index >= 15 is 0 Å². The number of hydrogen-bond acceptors (Lipinski definition) is 7. The van der Waals surface area contributed by atoms with Gasteiger partial charge in [-0.1, -0.05) is 23.7 Å². The minimum absolute atomic E-state index is 0.0915. The van der Waals surface area contributed by atoms with Crippen LogP contribution in [0, 0.1) is 5.92 Å². The second-order valence-corrected chi connectivity index (χ2v) is 12.4. The summed E-state index contributed by atoms with van der Waals surface area (Å²) in [6.07, 6.45) is 4.03. The Kier molecular flexibility index (Phi) is 7.72. The summed E-state index contributed by atoms with van der Waals surface area (Å²) in [5, 5.41) is 0.594. The van der Waals surface area contributed by atoms with Crippen LogP contribution in [-0.4, -0.2) is 55.0 Å². The maximum Gasteiger partial charge on any atom is 0.309 e. The van der Waals surface area contributed by atoms with Crippen LogP contribution < -0.4 is 10.3 Å². The molecule has 41 heavy (non-hydrogen) atoms. The number of carbonyl (C=O) groups is 2. The van der Waals surface area contributed by atoms with Gasteiger partial charge in [-0.2, -0.15) is 0 Å². The van der Waals surface area contributed by atoms with Gasteiger partial charge in [0.1, 0.15) is 23.0 Å². The predicted octanol–water partition coefficient (Wildman–Crippen LogP) is 5.32. The van der Waals surface area contributed by atoms with Crippen molar-refractivity contribution in [3.05, 3.63) is 62.8 Å². The molecule has 0 radical (unpaired) electrons. The first-order valence-electron chi connectivity index (χ1n) is 14.0. The standard InChI is InChI=1S/C30H36ClN5O5/c1-16(2)35-24-22(33-25(35)21-15-32-29(40-6)34-26(21)37)27(38)36(23(24)17-7-11-19(31)12-8-17)20-13-9-18(10-14-20)28(39)41-30(3,4)5/h7-8,11-12,15-16,18,20,23H,9-10,13-14H2,1-6H3,(H,32,34,37). The highest BCUT2D eigenvalue weighted by Crippen LogP contribution is 2.45. The quantitative estimate of drug-likeness (QED) is 0.391. The average molecular weight is 582 g/mol. The molecule has 218 valence electrons. The van der Waals surface area contributed by atoms with E-state index in [9.17, 15) is 14.4 Å². The molecule has 0 spiro atoms. The number of nitrogens with one attached hydrogen (secondary N) is 1. The topological polar surface area (TPSA) is 119 Å². The molecule has 1 amide bonds. The van der Waals surface area contributed by atoms with E-state index in [0.29, 0.717) is 42.2 Å². The van der Waals surface area contributed by atoms with Gasteiger partial charge in [-0.3, -0.25) is 19.4 Å². The van der Waals surface area contributed by atoms with Crippen LogP contribution >= 0.6 is 11.6 Å². The van der Waals surface area contributed by atoms with E-state index in [1.54, 1.807) is 0 Å². The van der Waals surface area contributed by atoms with E-state index in [1.807, 2.05) is 68.4 Å². The van der Waals surface area contributed by atoms with E-state index in [-0.39, 0.29) is 41.5 Å². The number of esters is 1. The minimum Gasteiger partial charge on any atom is -0.468 e. The Labute approximate surface area is 244 Å². The number of H-pyrrole nitrogens is 1. The van der Waals surface area contributed by atoms with E-state index in [4.69, 9.17) is 26.1 Å². The highest BCUT2D eigenvalue weighted by molar-refractivity contribution is 6.30. The highest BCUT2D eigenvalue weighted by atomic mass is 35.5. The Morgan fingerprint density at radius 1 is 1.10 bits per heavy atom. The minimum atomic E-state index is -0.541. The lowest BCUT2D eigenvalue weighted by Gasteiger charge is -2.38. The summed E-state index contributed by atoms with van der Waals surface area (Å²) in [7, 11) is 1.42. The molecular formula is C30H36ClN5O5. The Bertz CT molecular complexity index is 1510. The van der Waals surface area contributed by atoms with Crippen molar-refractivity contribution in [1.29, 1.82) is 0 Å². The molecule has 1 saturated carbocycles. The molecule has 0 saturated heterocycles. The third-order valence-corrected chi connectivity index (χ3v) is 7.92. The van der Waals surface area contributed by atoms with Crippen LogP contribution in [0.2, 0.25) is 5.02 Å². The maximum absolute atomic E-state index is 14.2. The van der Waals surface area contributed by atoms with Crippen LogP contribution in [0.4, 0.5) is 0 Å². The van der Waals surface area contributed by atoms with E-state index < -0.39 is 17.2 Å². The van der Waals surface area contributed by atoms with Gasteiger partial charge in [-0.25, -0.2) is 9.97 Å². The van der Waals surface area contributed by atoms with Gasteiger partial charge in [0.2, 0.25) is 0 Å². The van der Waals surface area contributed by atoms with Crippen molar-refractivity contribution in [3.8, 4) is 17.4 Å². The number of amides is 1. The summed E-state index contributed by atoms with van der Waals surface area (Å²) < 4.78 is 12.6. The largest absolute Gasteiger partial charge is 0.468 e. The first-order chi connectivity index (χ1) is 19.4. The molecule has 10 nitrogen and oxygen atoms in total. The van der Waals surface area contributed by atoms with E-state index in [0.717, 1.165) is 11.3 Å². The number of fused-ring (bicyclic) bond motifs is 1. The summed E-state index contributed by atoms with van der Waals surface area (Å²) in [4.78, 5) is 53.4. The first-order valence-corrected chi connectivity index (χ1v) is 14.3. The Morgan fingerprint density at radius 3 is 2.32 bits per heavy atom. The van der Waals surface area contributed by atoms with Crippen LogP contribution in [0.3, 0.4) is 0 Å². The highest BCUT2D eigenvalue weighted by Gasteiger charge is 2.48. The summed E-state index contributed by atoms with van der Waals surface area (Å²) in [5.74, 6) is -0.193. The molecule has 11 heteroatoms. The zero-order valence-electron chi connectivity index (χ0n) is 24.2. The summed E-state index contributed by atoms with van der Waals surface area (Å²) in [6, 6.07) is 6.92. The molecule has 1 fully saturated rings. The number of halogens is 1. The number of carbonyl (C=O) groups excluding carboxylic acids is 2. The fraction of sp³-hybridized carbons (Fsp3) is 0.500. The van der Waals surface area contributed by atoms with Crippen LogP contribution in [0.25, 0.3) is 11.4 Å².